The van der Waals surface area contributed by atoms with Gasteiger partial charge >= 0.3 is 7.12 Å². The van der Waals surface area contributed by atoms with Crippen LogP contribution < -0.4 is 5.46 Å². The molecule has 1 saturated heterocycles. The summed E-state index contributed by atoms with van der Waals surface area (Å²) >= 11 is 0. The third-order valence-electron chi connectivity index (χ3n) is 3.90. The molecule has 7 heteroatoms. The summed E-state index contributed by atoms with van der Waals surface area (Å²) in [5.74, 6) is 0.0600. The molecule has 0 N–H and O–H groups in total. The van der Waals surface area contributed by atoms with E-state index in [4.69, 9.17) is 9.31 Å². The third kappa shape index (κ3) is 2.46. The van der Waals surface area contributed by atoms with E-state index in [0.717, 1.165) is 5.46 Å². The molecule has 0 amide bonds. The number of hydrogen-bond donors (Lipinski definition) is 0. The summed E-state index contributed by atoms with van der Waals surface area (Å²) < 4.78 is 36.5. The van der Waals surface area contributed by atoms with Crippen molar-refractivity contribution in [2.45, 2.75) is 45.8 Å². The molecule has 0 aromatic carbocycles. The Balaban J connectivity index is 2.27. The fourth-order valence-corrected chi connectivity index (χ4v) is 2.66. The largest absolute Gasteiger partial charge is 0.496 e. The van der Waals surface area contributed by atoms with E-state index in [2.05, 4.69) is 0 Å². The SMILES string of the molecule is CCS(=O)(=O)n1ccc(B2OC(C)(C)C(C)(C)O2)c1. The fourth-order valence-electron chi connectivity index (χ4n) is 1.83. The monoisotopic (exact) mass is 285 g/mol. The van der Waals surface area contributed by atoms with Gasteiger partial charge in [-0.05, 0) is 40.7 Å². The summed E-state index contributed by atoms with van der Waals surface area (Å²) in [6.45, 7) is 9.48. The predicted octanol–water partition coefficient (Wildman–Crippen LogP) is 0.985. The number of hydrogen-bond acceptors (Lipinski definition) is 4. The van der Waals surface area contributed by atoms with Gasteiger partial charge in [0.15, 0.2) is 0 Å². The minimum atomic E-state index is -3.26. The average molecular weight is 285 g/mol. The highest BCUT2D eigenvalue weighted by Crippen LogP contribution is 2.36. The Labute approximate surface area is 115 Å². The lowest BCUT2D eigenvalue weighted by Gasteiger charge is -2.32. The van der Waals surface area contributed by atoms with Crippen LogP contribution in [0.15, 0.2) is 18.5 Å². The first-order valence-electron chi connectivity index (χ1n) is 6.36. The molecule has 0 spiro atoms. The van der Waals surface area contributed by atoms with E-state index in [9.17, 15) is 8.42 Å². The van der Waals surface area contributed by atoms with Crippen LogP contribution in [0.2, 0.25) is 0 Å². The summed E-state index contributed by atoms with van der Waals surface area (Å²) in [5, 5.41) is 0. The lowest BCUT2D eigenvalue weighted by molar-refractivity contribution is 0.00578. The van der Waals surface area contributed by atoms with Crippen LogP contribution in [-0.4, -0.2) is 36.5 Å². The Morgan fingerprint density at radius 2 is 1.74 bits per heavy atom. The van der Waals surface area contributed by atoms with E-state index >= 15 is 0 Å². The molecule has 106 valence electrons. The molecule has 0 radical (unpaired) electrons. The van der Waals surface area contributed by atoms with Gasteiger partial charge in [-0.25, -0.2) is 8.42 Å². The van der Waals surface area contributed by atoms with Crippen LogP contribution in [0.3, 0.4) is 0 Å². The van der Waals surface area contributed by atoms with Gasteiger partial charge < -0.3 is 9.31 Å². The molecule has 19 heavy (non-hydrogen) atoms. The van der Waals surface area contributed by atoms with E-state index < -0.39 is 28.3 Å². The summed E-state index contributed by atoms with van der Waals surface area (Å²) in [6.07, 6.45) is 3.08. The van der Waals surface area contributed by atoms with E-state index in [0.29, 0.717) is 0 Å². The van der Waals surface area contributed by atoms with Gasteiger partial charge in [-0.2, -0.15) is 0 Å². The Kier molecular flexibility index (Phi) is 3.36. The maximum atomic E-state index is 11.8. The molecule has 1 aliphatic heterocycles. The molecule has 2 heterocycles. The minimum Gasteiger partial charge on any atom is -0.399 e. The normalized spacial score (nSPS) is 21.8. The quantitative estimate of drug-likeness (QED) is 0.777. The first-order chi connectivity index (χ1) is 8.59. The summed E-state index contributed by atoms with van der Waals surface area (Å²) in [7, 11) is -3.79. The Hall–Kier alpha value is -0.785. The molecule has 0 aliphatic carbocycles. The summed E-state index contributed by atoms with van der Waals surface area (Å²) in [4.78, 5) is 0. The van der Waals surface area contributed by atoms with Crippen molar-refractivity contribution >= 4 is 22.6 Å². The molecule has 1 aromatic rings. The van der Waals surface area contributed by atoms with Gasteiger partial charge in [-0.15, -0.1) is 0 Å². The Morgan fingerprint density at radius 1 is 1.21 bits per heavy atom. The zero-order chi connectivity index (χ0) is 14.5. The van der Waals surface area contributed by atoms with Gasteiger partial charge in [0, 0.05) is 17.9 Å². The zero-order valence-electron chi connectivity index (χ0n) is 12.0. The van der Waals surface area contributed by atoms with Gasteiger partial charge in [-0.3, -0.25) is 3.97 Å². The van der Waals surface area contributed by atoms with Crippen molar-refractivity contribution in [2.24, 2.45) is 0 Å². The number of nitrogens with zero attached hydrogens (tertiary/aromatic N) is 1. The average Bonchev–Trinajstić information content (AvgIpc) is 2.83. The zero-order valence-corrected chi connectivity index (χ0v) is 12.8. The van der Waals surface area contributed by atoms with Crippen LogP contribution in [0.4, 0.5) is 0 Å². The van der Waals surface area contributed by atoms with Gasteiger partial charge in [0.2, 0.25) is 10.0 Å². The molecule has 1 aliphatic rings. The smallest absolute Gasteiger partial charge is 0.399 e. The standard InChI is InChI=1S/C12H20BNO4S/c1-6-19(15,16)14-8-7-10(9-14)13-17-11(2,3)12(4,5)18-13/h7-9H,6H2,1-5H3. The second-order valence-corrected chi connectivity index (χ2v) is 7.93. The van der Waals surface area contributed by atoms with Gasteiger partial charge in [0.05, 0.1) is 17.0 Å². The molecular weight excluding hydrogens is 265 g/mol. The third-order valence-corrected chi connectivity index (χ3v) is 5.50. The lowest BCUT2D eigenvalue weighted by Crippen LogP contribution is -2.41. The van der Waals surface area contributed by atoms with Crippen molar-refractivity contribution in [3.8, 4) is 0 Å². The molecule has 0 unspecified atom stereocenters. The van der Waals surface area contributed by atoms with Crippen LogP contribution in [0.5, 0.6) is 0 Å². The van der Waals surface area contributed by atoms with Crippen LogP contribution in [0.25, 0.3) is 0 Å². The van der Waals surface area contributed by atoms with Crippen LogP contribution in [-0.2, 0) is 19.3 Å². The lowest BCUT2D eigenvalue weighted by atomic mass is 9.81. The van der Waals surface area contributed by atoms with Gasteiger partial charge in [0.25, 0.3) is 0 Å². The molecule has 1 fully saturated rings. The Morgan fingerprint density at radius 3 is 2.21 bits per heavy atom. The molecule has 5 nitrogen and oxygen atoms in total. The van der Waals surface area contributed by atoms with Crippen molar-refractivity contribution in [3.63, 3.8) is 0 Å². The van der Waals surface area contributed by atoms with E-state index in [-0.39, 0.29) is 5.75 Å². The second kappa shape index (κ2) is 4.36. The second-order valence-electron chi connectivity index (χ2n) is 5.76. The van der Waals surface area contributed by atoms with Gasteiger partial charge in [0.1, 0.15) is 0 Å². The highest BCUT2D eigenvalue weighted by molar-refractivity contribution is 7.89. The van der Waals surface area contributed by atoms with Crippen molar-refractivity contribution in [2.75, 3.05) is 5.75 Å². The van der Waals surface area contributed by atoms with Crippen LogP contribution >= 0.6 is 0 Å². The first-order valence-corrected chi connectivity index (χ1v) is 7.97. The van der Waals surface area contributed by atoms with Crippen LogP contribution in [0.1, 0.15) is 34.6 Å². The summed E-state index contributed by atoms with van der Waals surface area (Å²) in [6, 6.07) is 1.72. The predicted molar refractivity (Wildman–Crippen MR) is 75.0 cm³/mol. The fraction of sp³-hybridized carbons (Fsp3) is 0.667. The molecule has 0 atom stereocenters. The van der Waals surface area contributed by atoms with Gasteiger partial charge in [-0.1, -0.05) is 0 Å². The minimum absolute atomic E-state index is 0.0600. The van der Waals surface area contributed by atoms with E-state index in [1.165, 1.54) is 10.2 Å². The first kappa shape index (κ1) is 14.6. The summed E-state index contributed by atoms with van der Waals surface area (Å²) in [5.41, 5.74) is -0.136. The number of aromatic nitrogens is 1. The number of rotatable bonds is 3. The van der Waals surface area contributed by atoms with Crippen molar-refractivity contribution < 1.29 is 17.7 Å². The van der Waals surface area contributed by atoms with Crippen molar-refractivity contribution in [1.29, 1.82) is 0 Å². The highest BCUT2D eigenvalue weighted by Gasteiger charge is 2.51. The molecule has 2 rings (SSSR count). The van der Waals surface area contributed by atoms with E-state index in [1.54, 1.807) is 19.2 Å². The molecular formula is C12H20BNO4S. The molecule has 0 saturated carbocycles. The van der Waals surface area contributed by atoms with Crippen molar-refractivity contribution in [3.05, 3.63) is 18.5 Å². The van der Waals surface area contributed by atoms with Crippen molar-refractivity contribution in [1.82, 2.24) is 3.97 Å². The maximum absolute atomic E-state index is 11.8. The topological polar surface area (TPSA) is 57.5 Å². The maximum Gasteiger partial charge on any atom is 0.496 e. The highest BCUT2D eigenvalue weighted by atomic mass is 32.2. The van der Waals surface area contributed by atoms with Crippen LogP contribution in [0, 0.1) is 0 Å². The van der Waals surface area contributed by atoms with E-state index in [1.807, 2.05) is 27.7 Å². The molecule has 1 aromatic heterocycles. The Bertz CT molecular complexity index is 560. The molecule has 0 bridgehead atoms.